The van der Waals surface area contributed by atoms with Gasteiger partial charge in [-0.25, -0.2) is 0 Å². The van der Waals surface area contributed by atoms with E-state index in [1.807, 2.05) is 6.07 Å². The lowest BCUT2D eigenvalue weighted by molar-refractivity contribution is -0.115. The predicted octanol–water partition coefficient (Wildman–Crippen LogP) is 2.64. The number of nitrogens with one attached hydrogen (secondary N) is 1. The minimum absolute atomic E-state index is 0.138. The molecule has 0 atom stereocenters. The van der Waals surface area contributed by atoms with Crippen LogP contribution in [0.1, 0.15) is 5.56 Å². The van der Waals surface area contributed by atoms with Crippen LogP contribution >= 0.6 is 34.4 Å². The Bertz CT molecular complexity index is 678. The Morgan fingerprint density at radius 2 is 2.24 bits per heavy atom. The summed E-state index contributed by atoms with van der Waals surface area (Å²) in [6, 6.07) is 3.54. The monoisotopic (exact) mass is 415 g/mol. The Morgan fingerprint density at radius 3 is 2.81 bits per heavy atom. The molecule has 1 aliphatic heterocycles. The first kappa shape index (κ1) is 15.7. The molecule has 0 bridgehead atoms. The van der Waals surface area contributed by atoms with Gasteiger partial charge in [-0.05, 0) is 58.1 Å². The molecule has 0 spiro atoms. The van der Waals surface area contributed by atoms with Crippen molar-refractivity contribution in [3.63, 3.8) is 0 Å². The lowest BCUT2D eigenvalue weighted by Crippen LogP contribution is -2.17. The Labute approximate surface area is 139 Å². The summed E-state index contributed by atoms with van der Waals surface area (Å²) >= 11 is 2.96. The first-order valence-corrected chi connectivity index (χ1v) is 7.63. The van der Waals surface area contributed by atoms with Crippen LogP contribution in [0.4, 0.5) is 4.79 Å². The number of halogens is 1. The van der Waals surface area contributed by atoms with Crippen molar-refractivity contribution in [2.45, 2.75) is 0 Å². The summed E-state index contributed by atoms with van der Waals surface area (Å²) in [7, 11) is 1.52. The van der Waals surface area contributed by atoms with Gasteiger partial charge in [0.05, 0.1) is 15.6 Å². The van der Waals surface area contributed by atoms with Crippen molar-refractivity contribution in [1.82, 2.24) is 5.32 Å². The Balaban J connectivity index is 2.37. The number of ether oxygens (including phenoxy) is 2. The highest BCUT2D eigenvalue weighted by Crippen LogP contribution is 2.35. The van der Waals surface area contributed by atoms with E-state index < -0.39 is 5.91 Å². The zero-order valence-electron chi connectivity index (χ0n) is 10.9. The molecule has 1 heterocycles. The third-order valence-electron chi connectivity index (χ3n) is 2.49. The Hall–Kier alpha value is -1.66. The molecule has 108 valence electrons. The first-order chi connectivity index (χ1) is 10.0. The molecule has 0 unspecified atom stereocenters. The highest BCUT2D eigenvalue weighted by atomic mass is 127. The van der Waals surface area contributed by atoms with E-state index in [4.69, 9.17) is 15.9 Å². The smallest absolute Gasteiger partial charge is 0.290 e. The number of hydrogen-bond acceptors (Lipinski definition) is 5. The second-order valence-electron chi connectivity index (χ2n) is 3.88. The summed E-state index contributed by atoms with van der Waals surface area (Å²) in [6.45, 7) is 0.138. The van der Waals surface area contributed by atoms with Gasteiger partial charge in [0.15, 0.2) is 11.5 Å². The van der Waals surface area contributed by atoms with Crippen LogP contribution in [0, 0.1) is 15.9 Å². The molecule has 2 amide bonds. The van der Waals surface area contributed by atoms with Crippen molar-refractivity contribution in [2.75, 3.05) is 13.7 Å². The molecule has 1 N–H and O–H groups in total. The maximum absolute atomic E-state index is 11.5. The fourth-order valence-corrected chi connectivity index (χ4v) is 3.11. The second-order valence-corrected chi connectivity index (χ2v) is 6.06. The van der Waals surface area contributed by atoms with Gasteiger partial charge in [-0.15, -0.1) is 6.42 Å². The summed E-state index contributed by atoms with van der Waals surface area (Å²) in [6.07, 6.45) is 6.80. The van der Waals surface area contributed by atoms with Crippen LogP contribution in [0.2, 0.25) is 0 Å². The lowest BCUT2D eigenvalue weighted by atomic mass is 10.2. The van der Waals surface area contributed by atoms with E-state index in [1.54, 1.807) is 12.1 Å². The molecule has 0 radical (unpaired) electrons. The second kappa shape index (κ2) is 6.87. The van der Waals surface area contributed by atoms with E-state index in [9.17, 15) is 9.59 Å². The summed E-state index contributed by atoms with van der Waals surface area (Å²) in [5.74, 6) is 3.06. The highest BCUT2D eigenvalue weighted by molar-refractivity contribution is 14.1. The van der Waals surface area contributed by atoms with E-state index >= 15 is 0 Å². The standard InChI is InChI=1S/C14H10INO4S/c1-3-4-20-12-9(15)5-8(6-10(12)19-2)7-11-13(17)16-14(18)21-11/h1,5-7H,4H2,2H3,(H,16,17,18). The topological polar surface area (TPSA) is 64.6 Å². The molecule has 1 aliphatic rings. The SMILES string of the molecule is C#CCOc1c(I)cc(C=C2SC(=O)NC2=O)cc1OC. The van der Waals surface area contributed by atoms with Crippen LogP contribution in [-0.2, 0) is 4.79 Å². The van der Waals surface area contributed by atoms with Gasteiger partial charge < -0.3 is 9.47 Å². The third kappa shape index (κ3) is 3.71. The molecule has 0 saturated carbocycles. The normalized spacial score (nSPS) is 15.8. The molecule has 0 aliphatic carbocycles. The molecular weight excluding hydrogens is 405 g/mol. The van der Waals surface area contributed by atoms with E-state index in [-0.39, 0.29) is 11.8 Å². The largest absolute Gasteiger partial charge is 0.493 e. The summed E-state index contributed by atoms with van der Waals surface area (Å²) in [5.41, 5.74) is 0.733. The average molecular weight is 415 g/mol. The van der Waals surface area contributed by atoms with Crippen LogP contribution in [-0.4, -0.2) is 24.9 Å². The molecule has 2 rings (SSSR count). The predicted molar refractivity (Wildman–Crippen MR) is 89.1 cm³/mol. The number of thioether (sulfide) groups is 1. The third-order valence-corrected chi connectivity index (χ3v) is 4.10. The zero-order valence-corrected chi connectivity index (χ0v) is 13.9. The van der Waals surface area contributed by atoms with Crippen LogP contribution in [0.3, 0.4) is 0 Å². The Kier molecular flexibility index (Phi) is 5.14. The fourth-order valence-electron chi connectivity index (χ4n) is 1.65. The van der Waals surface area contributed by atoms with Gasteiger partial charge in [0.2, 0.25) is 0 Å². The molecule has 1 aromatic rings. The van der Waals surface area contributed by atoms with Crippen LogP contribution in [0.15, 0.2) is 17.0 Å². The number of methoxy groups -OCH3 is 1. The molecule has 1 fully saturated rings. The lowest BCUT2D eigenvalue weighted by Gasteiger charge is -2.12. The first-order valence-electron chi connectivity index (χ1n) is 5.73. The maximum atomic E-state index is 11.5. The minimum Gasteiger partial charge on any atom is -0.493 e. The highest BCUT2D eigenvalue weighted by Gasteiger charge is 2.25. The summed E-state index contributed by atoms with van der Waals surface area (Å²) in [4.78, 5) is 23.0. The summed E-state index contributed by atoms with van der Waals surface area (Å²) in [5, 5.41) is 1.83. The van der Waals surface area contributed by atoms with Crippen molar-refractivity contribution in [3.05, 3.63) is 26.2 Å². The number of terminal acetylenes is 1. The number of carbonyl (C=O) groups excluding carboxylic acids is 2. The van der Waals surface area contributed by atoms with Crippen molar-refractivity contribution in [1.29, 1.82) is 0 Å². The molecule has 1 saturated heterocycles. The number of rotatable bonds is 4. The quantitative estimate of drug-likeness (QED) is 0.466. The number of amides is 2. The summed E-state index contributed by atoms with van der Waals surface area (Å²) < 4.78 is 11.5. The van der Waals surface area contributed by atoms with Crippen molar-refractivity contribution in [2.24, 2.45) is 0 Å². The maximum Gasteiger partial charge on any atom is 0.290 e. The average Bonchev–Trinajstić information content (AvgIpc) is 2.75. The minimum atomic E-state index is -0.397. The molecular formula is C14H10INO4S. The zero-order chi connectivity index (χ0) is 15.4. The van der Waals surface area contributed by atoms with Crippen molar-refractivity contribution >= 4 is 51.6 Å². The molecule has 0 aromatic heterocycles. The van der Waals surface area contributed by atoms with Crippen molar-refractivity contribution < 1.29 is 19.1 Å². The Morgan fingerprint density at radius 1 is 1.48 bits per heavy atom. The number of carbonyl (C=O) groups is 2. The van der Waals surface area contributed by atoms with Gasteiger partial charge in [0.1, 0.15) is 6.61 Å². The molecule has 7 heteroatoms. The number of imide groups is 1. The van der Waals surface area contributed by atoms with Crippen LogP contribution in [0.25, 0.3) is 6.08 Å². The van der Waals surface area contributed by atoms with E-state index in [1.165, 1.54) is 7.11 Å². The molecule has 5 nitrogen and oxygen atoms in total. The van der Waals surface area contributed by atoms with E-state index in [0.717, 1.165) is 20.9 Å². The van der Waals surface area contributed by atoms with Crippen LogP contribution in [0.5, 0.6) is 11.5 Å². The van der Waals surface area contributed by atoms with Gasteiger partial charge in [-0.2, -0.15) is 0 Å². The van der Waals surface area contributed by atoms with Crippen molar-refractivity contribution in [3.8, 4) is 23.8 Å². The van der Waals surface area contributed by atoms with Gasteiger partial charge in [0.25, 0.3) is 11.1 Å². The molecule has 1 aromatic carbocycles. The van der Waals surface area contributed by atoms with Gasteiger partial charge >= 0.3 is 0 Å². The van der Waals surface area contributed by atoms with Crippen LogP contribution < -0.4 is 14.8 Å². The molecule has 21 heavy (non-hydrogen) atoms. The van der Waals surface area contributed by atoms with Gasteiger partial charge in [-0.1, -0.05) is 5.92 Å². The fraction of sp³-hybridized carbons (Fsp3) is 0.143. The van der Waals surface area contributed by atoms with E-state index in [2.05, 4.69) is 33.8 Å². The van der Waals surface area contributed by atoms with Gasteiger partial charge in [0, 0.05) is 0 Å². The number of benzene rings is 1. The van der Waals surface area contributed by atoms with Gasteiger partial charge in [-0.3, -0.25) is 14.9 Å². The number of hydrogen-bond donors (Lipinski definition) is 1. The van der Waals surface area contributed by atoms with E-state index in [0.29, 0.717) is 16.4 Å².